The van der Waals surface area contributed by atoms with Crippen LogP contribution < -0.4 is 0 Å². The van der Waals surface area contributed by atoms with Gasteiger partial charge in [0.15, 0.2) is 0 Å². The molecule has 0 aliphatic rings. The van der Waals surface area contributed by atoms with E-state index in [9.17, 15) is 0 Å². The Balaban J connectivity index is 3.01. The molecule has 1 rings (SSSR count). The van der Waals surface area contributed by atoms with Crippen LogP contribution in [-0.4, -0.2) is 0 Å². The first-order valence-electron chi connectivity index (χ1n) is 5.31. The third kappa shape index (κ3) is 3.25. The van der Waals surface area contributed by atoms with Gasteiger partial charge in [-0.25, -0.2) is 0 Å². The summed E-state index contributed by atoms with van der Waals surface area (Å²) in [6.45, 7) is 6.25. The van der Waals surface area contributed by atoms with E-state index in [0.29, 0.717) is 0 Å². The van der Waals surface area contributed by atoms with E-state index in [1.54, 1.807) is 0 Å². The lowest BCUT2D eigenvalue weighted by Crippen LogP contribution is -1.85. The van der Waals surface area contributed by atoms with E-state index in [1.165, 1.54) is 16.7 Å². The first kappa shape index (κ1) is 11.5. The molecule has 0 atom stereocenters. The van der Waals surface area contributed by atoms with Gasteiger partial charge in [-0.1, -0.05) is 54.6 Å². The molecule has 0 radical (unpaired) electrons. The van der Waals surface area contributed by atoms with Gasteiger partial charge >= 0.3 is 0 Å². The summed E-state index contributed by atoms with van der Waals surface area (Å²) in [5.41, 5.74) is 3.87. The van der Waals surface area contributed by atoms with Crippen LogP contribution in [0.4, 0.5) is 0 Å². The zero-order valence-electron chi connectivity index (χ0n) is 9.70. The first-order valence-corrected chi connectivity index (χ1v) is 5.31. The van der Waals surface area contributed by atoms with Gasteiger partial charge in [0.2, 0.25) is 0 Å². The van der Waals surface area contributed by atoms with Gasteiger partial charge in [-0.05, 0) is 37.5 Å². The molecule has 0 aromatic heterocycles. The fourth-order valence-electron chi connectivity index (χ4n) is 1.57. The van der Waals surface area contributed by atoms with Crippen LogP contribution in [0.25, 0.3) is 5.57 Å². The van der Waals surface area contributed by atoms with Crippen molar-refractivity contribution in [2.45, 2.75) is 20.8 Å². The van der Waals surface area contributed by atoms with Crippen molar-refractivity contribution in [1.29, 1.82) is 0 Å². The van der Waals surface area contributed by atoms with Gasteiger partial charge in [0.1, 0.15) is 0 Å². The second-order valence-corrected chi connectivity index (χ2v) is 3.44. The average molecular weight is 198 g/mol. The second kappa shape index (κ2) is 6.02. The van der Waals surface area contributed by atoms with Crippen LogP contribution in [0.3, 0.4) is 0 Å². The van der Waals surface area contributed by atoms with E-state index in [1.807, 2.05) is 19.1 Å². The van der Waals surface area contributed by atoms with Gasteiger partial charge < -0.3 is 0 Å². The van der Waals surface area contributed by atoms with Crippen molar-refractivity contribution in [3.8, 4) is 0 Å². The van der Waals surface area contributed by atoms with Crippen LogP contribution >= 0.6 is 0 Å². The Morgan fingerprint density at radius 3 is 2.27 bits per heavy atom. The first-order chi connectivity index (χ1) is 7.29. The van der Waals surface area contributed by atoms with E-state index >= 15 is 0 Å². The lowest BCUT2D eigenvalue weighted by atomic mass is 9.98. The van der Waals surface area contributed by atoms with Crippen LogP contribution in [-0.2, 0) is 0 Å². The van der Waals surface area contributed by atoms with Gasteiger partial charge in [-0.2, -0.15) is 0 Å². The van der Waals surface area contributed by atoms with Crippen molar-refractivity contribution in [1.82, 2.24) is 0 Å². The highest BCUT2D eigenvalue weighted by atomic mass is 14.0. The topological polar surface area (TPSA) is 0 Å². The predicted molar refractivity (Wildman–Crippen MR) is 68.7 cm³/mol. The number of hydrogen-bond acceptors (Lipinski definition) is 0. The van der Waals surface area contributed by atoms with Crippen molar-refractivity contribution in [3.05, 3.63) is 65.8 Å². The highest BCUT2D eigenvalue weighted by Crippen LogP contribution is 2.22. The number of rotatable bonds is 3. The maximum absolute atomic E-state index is 2.16. The molecular formula is C15H18. The smallest absolute Gasteiger partial charge is 0.0185 e. The molecular weight excluding hydrogens is 180 g/mol. The van der Waals surface area contributed by atoms with Gasteiger partial charge in [0.25, 0.3) is 0 Å². The fourth-order valence-corrected chi connectivity index (χ4v) is 1.57. The lowest BCUT2D eigenvalue weighted by molar-refractivity contribution is 1.47. The molecule has 0 bridgehead atoms. The quantitative estimate of drug-likeness (QED) is 0.622. The molecule has 0 nitrogen and oxygen atoms in total. The van der Waals surface area contributed by atoms with Crippen molar-refractivity contribution in [2.24, 2.45) is 0 Å². The minimum Gasteiger partial charge on any atom is -0.0877 e. The monoisotopic (exact) mass is 198 g/mol. The Morgan fingerprint density at radius 1 is 1.07 bits per heavy atom. The molecule has 1 aromatic carbocycles. The Bertz CT molecular complexity index is 378. The van der Waals surface area contributed by atoms with Crippen molar-refractivity contribution < 1.29 is 0 Å². The summed E-state index contributed by atoms with van der Waals surface area (Å²) in [6, 6.07) is 10.5. The normalized spacial score (nSPS) is 13.5. The summed E-state index contributed by atoms with van der Waals surface area (Å²) < 4.78 is 0. The van der Waals surface area contributed by atoms with Crippen molar-refractivity contribution >= 4 is 5.57 Å². The van der Waals surface area contributed by atoms with Crippen LogP contribution in [0, 0.1) is 0 Å². The van der Waals surface area contributed by atoms with Crippen LogP contribution in [0.1, 0.15) is 26.3 Å². The van der Waals surface area contributed by atoms with E-state index in [0.717, 1.165) is 0 Å². The Hall–Kier alpha value is -1.56. The van der Waals surface area contributed by atoms with E-state index in [-0.39, 0.29) is 0 Å². The zero-order chi connectivity index (χ0) is 11.1. The number of allylic oxidation sites excluding steroid dienone is 6. The lowest BCUT2D eigenvalue weighted by Gasteiger charge is -2.06. The van der Waals surface area contributed by atoms with Crippen LogP contribution in [0.15, 0.2) is 60.2 Å². The molecule has 0 N–H and O–H groups in total. The Kier molecular flexibility index (Phi) is 4.62. The molecule has 15 heavy (non-hydrogen) atoms. The average Bonchev–Trinajstić information content (AvgIpc) is 2.29. The molecule has 0 fully saturated rings. The predicted octanol–water partition coefficient (Wildman–Crippen LogP) is 4.61. The third-order valence-electron chi connectivity index (χ3n) is 2.34. The summed E-state index contributed by atoms with van der Waals surface area (Å²) >= 11 is 0. The van der Waals surface area contributed by atoms with Gasteiger partial charge in [-0.3, -0.25) is 0 Å². The molecule has 0 saturated carbocycles. The summed E-state index contributed by atoms with van der Waals surface area (Å²) in [5.74, 6) is 0. The summed E-state index contributed by atoms with van der Waals surface area (Å²) in [7, 11) is 0. The maximum Gasteiger partial charge on any atom is -0.0185 e. The molecule has 0 aliphatic carbocycles. The molecule has 0 aliphatic heterocycles. The summed E-state index contributed by atoms with van der Waals surface area (Å²) in [6.07, 6.45) is 8.41. The molecule has 1 aromatic rings. The standard InChI is InChI=1S/C15H18/c1-4-6-10-13(3)15(5-2)14-11-8-7-9-12-14/h4-12H,1-3H3. The van der Waals surface area contributed by atoms with Gasteiger partial charge in [-0.15, -0.1) is 0 Å². The minimum atomic E-state index is 1.28. The van der Waals surface area contributed by atoms with Gasteiger partial charge in [0.05, 0.1) is 0 Å². The van der Waals surface area contributed by atoms with E-state index in [4.69, 9.17) is 0 Å². The zero-order valence-corrected chi connectivity index (χ0v) is 9.70. The molecule has 0 spiro atoms. The van der Waals surface area contributed by atoms with Crippen LogP contribution in [0.2, 0.25) is 0 Å². The van der Waals surface area contributed by atoms with Crippen molar-refractivity contribution in [2.75, 3.05) is 0 Å². The third-order valence-corrected chi connectivity index (χ3v) is 2.34. The highest BCUT2D eigenvalue weighted by Gasteiger charge is 2.00. The van der Waals surface area contributed by atoms with Crippen molar-refractivity contribution in [3.63, 3.8) is 0 Å². The summed E-state index contributed by atoms with van der Waals surface area (Å²) in [5, 5.41) is 0. The largest absolute Gasteiger partial charge is 0.0877 e. The van der Waals surface area contributed by atoms with E-state index in [2.05, 4.69) is 56.3 Å². The number of hydrogen-bond donors (Lipinski definition) is 0. The molecule has 0 saturated heterocycles. The van der Waals surface area contributed by atoms with Crippen LogP contribution in [0.5, 0.6) is 0 Å². The SMILES string of the molecule is CC=CC=C(C)C(=CC)c1ccccc1. The van der Waals surface area contributed by atoms with Gasteiger partial charge in [0, 0.05) is 0 Å². The molecule has 0 unspecified atom stereocenters. The minimum absolute atomic E-state index is 1.28. The number of benzene rings is 1. The molecule has 0 heterocycles. The highest BCUT2D eigenvalue weighted by molar-refractivity contribution is 5.78. The Morgan fingerprint density at radius 2 is 1.73 bits per heavy atom. The van der Waals surface area contributed by atoms with E-state index < -0.39 is 0 Å². The fraction of sp³-hybridized carbons (Fsp3) is 0.200. The summed E-state index contributed by atoms with van der Waals surface area (Å²) in [4.78, 5) is 0. The molecule has 0 heteroatoms. The second-order valence-electron chi connectivity index (χ2n) is 3.44. The Labute approximate surface area is 92.6 Å². The maximum atomic E-state index is 2.16. The molecule has 78 valence electrons. The molecule has 0 amide bonds.